The zero-order chi connectivity index (χ0) is 14.3. The Kier molecular flexibility index (Phi) is 3.78. The van der Waals surface area contributed by atoms with E-state index < -0.39 is 11.6 Å². The third-order valence-corrected chi connectivity index (χ3v) is 5.09. The lowest BCUT2D eigenvalue weighted by Crippen LogP contribution is -2.37. The SMILES string of the molecule is CCC1C2CNCC2CN1C(C)c1c(F)cccc1F. The summed E-state index contributed by atoms with van der Waals surface area (Å²) in [4.78, 5) is 2.30. The number of rotatable bonds is 3. The minimum Gasteiger partial charge on any atom is -0.316 e. The molecular formula is C16H22F2N2. The first-order chi connectivity index (χ1) is 9.63. The molecule has 0 radical (unpaired) electrons. The summed E-state index contributed by atoms with van der Waals surface area (Å²) >= 11 is 0. The number of benzene rings is 1. The smallest absolute Gasteiger partial charge is 0.130 e. The molecule has 110 valence electrons. The largest absolute Gasteiger partial charge is 0.316 e. The van der Waals surface area contributed by atoms with Gasteiger partial charge >= 0.3 is 0 Å². The second-order valence-electron chi connectivity index (χ2n) is 6.07. The van der Waals surface area contributed by atoms with Crippen molar-refractivity contribution in [2.45, 2.75) is 32.4 Å². The van der Waals surface area contributed by atoms with Crippen molar-refractivity contribution in [3.63, 3.8) is 0 Å². The van der Waals surface area contributed by atoms with E-state index in [0.717, 1.165) is 26.1 Å². The van der Waals surface area contributed by atoms with Crippen LogP contribution in [0.3, 0.4) is 0 Å². The Hall–Kier alpha value is -1.00. The van der Waals surface area contributed by atoms with Crippen molar-refractivity contribution in [1.82, 2.24) is 10.2 Å². The lowest BCUT2D eigenvalue weighted by molar-refractivity contribution is 0.159. The highest BCUT2D eigenvalue weighted by Crippen LogP contribution is 2.40. The first-order valence-corrected chi connectivity index (χ1v) is 7.53. The molecule has 20 heavy (non-hydrogen) atoms. The minimum atomic E-state index is -0.428. The predicted molar refractivity (Wildman–Crippen MR) is 75.4 cm³/mol. The van der Waals surface area contributed by atoms with Crippen LogP contribution in [-0.4, -0.2) is 30.6 Å². The second kappa shape index (κ2) is 5.41. The van der Waals surface area contributed by atoms with Gasteiger partial charge in [-0.2, -0.15) is 0 Å². The average molecular weight is 280 g/mol. The standard InChI is InChI=1S/C16H22F2N2/c1-3-15-12-8-19-7-11(12)9-20(15)10(2)16-13(17)5-4-6-14(16)18/h4-6,10-12,15,19H,3,7-9H2,1-2H3. The van der Waals surface area contributed by atoms with Gasteiger partial charge in [0.05, 0.1) is 0 Å². The van der Waals surface area contributed by atoms with Gasteiger partial charge in [-0.05, 0) is 50.4 Å². The number of fused-ring (bicyclic) bond motifs is 1. The van der Waals surface area contributed by atoms with Crippen LogP contribution < -0.4 is 5.32 Å². The van der Waals surface area contributed by atoms with Gasteiger partial charge in [-0.25, -0.2) is 8.78 Å². The fourth-order valence-corrected chi connectivity index (χ4v) is 4.11. The van der Waals surface area contributed by atoms with E-state index in [1.807, 2.05) is 6.92 Å². The highest BCUT2D eigenvalue weighted by molar-refractivity contribution is 5.23. The van der Waals surface area contributed by atoms with Crippen molar-refractivity contribution in [3.8, 4) is 0 Å². The van der Waals surface area contributed by atoms with Gasteiger partial charge in [-0.3, -0.25) is 4.90 Å². The van der Waals surface area contributed by atoms with Crippen molar-refractivity contribution in [2.75, 3.05) is 19.6 Å². The monoisotopic (exact) mass is 280 g/mol. The third-order valence-electron chi connectivity index (χ3n) is 5.09. The Balaban J connectivity index is 1.89. The summed E-state index contributed by atoms with van der Waals surface area (Å²) in [6, 6.07) is 4.36. The summed E-state index contributed by atoms with van der Waals surface area (Å²) in [6.45, 7) is 7.10. The van der Waals surface area contributed by atoms with Crippen molar-refractivity contribution in [2.24, 2.45) is 11.8 Å². The van der Waals surface area contributed by atoms with Crippen LogP contribution in [0.25, 0.3) is 0 Å². The quantitative estimate of drug-likeness (QED) is 0.916. The zero-order valence-corrected chi connectivity index (χ0v) is 12.1. The van der Waals surface area contributed by atoms with Crippen molar-refractivity contribution < 1.29 is 8.78 Å². The highest BCUT2D eigenvalue weighted by atomic mass is 19.1. The summed E-state index contributed by atoms with van der Waals surface area (Å²) in [6.07, 6.45) is 1.03. The van der Waals surface area contributed by atoms with E-state index in [-0.39, 0.29) is 11.6 Å². The Morgan fingerprint density at radius 1 is 1.30 bits per heavy atom. The summed E-state index contributed by atoms with van der Waals surface area (Å²) in [5.74, 6) is 0.389. The third kappa shape index (κ3) is 2.15. The molecular weight excluding hydrogens is 258 g/mol. The van der Waals surface area contributed by atoms with Crippen LogP contribution in [-0.2, 0) is 0 Å². The molecule has 4 unspecified atom stereocenters. The van der Waals surface area contributed by atoms with Crippen LogP contribution in [0.5, 0.6) is 0 Å². The van der Waals surface area contributed by atoms with E-state index in [1.54, 1.807) is 0 Å². The molecule has 3 rings (SSSR count). The van der Waals surface area contributed by atoms with Gasteiger partial charge in [0.15, 0.2) is 0 Å². The van der Waals surface area contributed by atoms with E-state index in [9.17, 15) is 8.78 Å². The van der Waals surface area contributed by atoms with Gasteiger partial charge in [0.25, 0.3) is 0 Å². The highest BCUT2D eigenvalue weighted by Gasteiger charge is 2.45. The Labute approximate surface area is 119 Å². The molecule has 4 heteroatoms. The molecule has 0 bridgehead atoms. The molecule has 2 fully saturated rings. The molecule has 2 aliphatic rings. The lowest BCUT2D eigenvalue weighted by Gasteiger charge is -2.33. The molecule has 4 atom stereocenters. The summed E-state index contributed by atoms with van der Waals surface area (Å²) < 4.78 is 28.0. The molecule has 0 aromatic heterocycles. The van der Waals surface area contributed by atoms with Crippen LogP contribution in [0.2, 0.25) is 0 Å². The number of nitrogens with one attached hydrogen (secondary N) is 1. The van der Waals surface area contributed by atoms with Gasteiger partial charge in [0.2, 0.25) is 0 Å². The fraction of sp³-hybridized carbons (Fsp3) is 0.625. The molecule has 0 amide bonds. The van der Waals surface area contributed by atoms with Crippen molar-refractivity contribution >= 4 is 0 Å². The molecule has 0 aliphatic carbocycles. The zero-order valence-electron chi connectivity index (χ0n) is 12.1. The maximum absolute atomic E-state index is 14.0. The van der Waals surface area contributed by atoms with Crippen LogP contribution in [0.4, 0.5) is 8.78 Å². The maximum atomic E-state index is 14.0. The topological polar surface area (TPSA) is 15.3 Å². The summed E-state index contributed by atoms with van der Waals surface area (Å²) in [7, 11) is 0. The van der Waals surface area contributed by atoms with Crippen molar-refractivity contribution in [3.05, 3.63) is 35.4 Å². The van der Waals surface area contributed by atoms with Crippen LogP contribution >= 0.6 is 0 Å². The van der Waals surface area contributed by atoms with Crippen molar-refractivity contribution in [1.29, 1.82) is 0 Å². The molecule has 1 aromatic rings. The first-order valence-electron chi connectivity index (χ1n) is 7.53. The number of hydrogen-bond donors (Lipinski definition) is 1. The van der Waals surface area contributed by atoms with Gasteiger partial charge in [0.1, 0.15) is 11.6 Å². The number of likely N-dealkylation sites (tertiary alicyclic amines) is 1. The average Bonchev–Trinajstić information content (AvgIpc) is 2.97. The van der Waals surface area contributed by atoms with Crippen LogP contribution in [0.15, 0.2) is 18.2 Å². The molecule has 2 aliphatic heterocycles. The Morgan fingerprint density at radius 2 is 2.00 bits per heavy atom. The van der Waals surface area contributed by atoms with E-state index >= 15 is 0 Å². The van der Waals surface area contributed by atoms with E-state index in [4.69, 9.17) is 0 Å². The Morgan fingerprint density at radius 3 is 2.65 bits per heavy atom. The lowest BCUT2D eigenvalue weighted by atomic mass is 9.92. The fourth-order valence-electron chi connectivity index (χ4n) is 4.11. The number of nitrogens with zero attached hydrogens (tertiary/aromatic N) is 1. The summed E-state index contributed by atoms with van der Waals surface area (Å²) in [5, 5.41) is 3.44. The van der Waals surface area contributed by atoms with Gasteiger partial charge in [-0.15, -0.1) is 0 Å². The number of halogens is 2. The molecule has 1 aromatic carbocycles. The van der Waals surface area contributed by atoms with E-state index in [1.165, 1.54) is 18.2 Å². The van der Waals surface area contributed by atoms with Gasteiger partial charge < -0.3 is 5.32 Å². The summed E-state index contributed by atoms with van der Waals surface area (Å²) in [5.41, 5.74) is 0.221. The normalized spacial score (nSPS) is 31.5. The van der Waals surface area contributed by atoms with E-state index in [2.05, 4.69) is 17.1 Å². The minimum absolute atomic E-state index is 0.202. The molecule has 2 nitrogen and oxygen atoms in total. The van der Waals surface area contributed by atoms with E-state index in [0.29, 0.717) is 17.9 Å². The first kappa shape index (κ1) is 14.0. The molecule has 2 heterocycles. The molecule has 2 saturated heterocycles. The maximum Gasteiger partial charge on any atom is 0.130 e. The molecule has 0 spiro atoms. The van der Waals surface area contributed by atoms with Crippen LogP contribution in [0.1, 0.15) is 31.9 Å². The predicted octanol–water partition coefficient (Wildman–Crippen LogP) is 2.96. The second-order valence-corrected chi connectivity index (χ2v) is 6.07. The van der Waals surface area contributed by atoms with Gasteiger partial charge in [0, 0.05) is 24.2 Å². The van der Waals surface area contributed by atoms with Crippen LogP contribution in [0, 0.1) is 23.5 Å². The Bertz CT molecular complexity index is 471. The number of hydrogen-bond acceptors (Lipinski definition) is 2. The molecule has 1 N–H and O–H groups in total. The molecule has 0 saturated carbocycles. The van der Waals surface area contributed by atoms with Gasteiger partial charge in [-0.1, -0.05) is 13.0 Å².